The number of anilines is 1. The van der Waals surface area contributed by atoms with Crippen LogP contribution in [0.1, 0.15) is 0 Å². The predicted molar refractivity (Wildman–Crippen MR) is 68.1 cm³/mol. The Balaban J connectivity index is 2.16. The number of imidazole rings is 1. The first-order chi connectivity index (χ1) is 8.78. The van der Waals surface area contributed by atoms with Gasteiger partial charge in [-0.15, -0.1) is 0 Å². The van der Waals surface area contributed by atoms with Gasteiger partial charge in [0.1, 0.15) is 23.4 Å². The fourth-order valence-electron chi connectivity index (χ4n) is 1.75. The Hall–Kier alpha value is -2.63. The molecule has 3 aromatic rings. The molecule has 3 N–H and O–H groups in total. The van der Waals surface area contributed by atoms with Gasteiger partial charge in [-0.25, -0.2) is 15.0 Å². The highest BCUT2D eigenvalue weighted by Crippen LogP contribution is 2.24. The van der Waals surface area contributed by atoms with Crippen molar-refractivity contribution in [2.75, 3.05) is 12.8 Å². The van der Waals surface area contributed by atoms with Crippen LogP contribution in [-0.2, 0) is 0 Å². The summed E-state index contributed by atoms with van der Waals surface area (Å²) in [6.07, 6.45) is 1.40. The van der Waals surface area contributed by atoms with E-state index in [1.54, 1.807) is 7.11 Å². The molecule has 2 heterocycles. The van der Waals surface area contributed by atoms with Crippen molar-refractivity contribution in [3.05, 3.63) is 30.6 Å². The van der Waals surface area contributed by atoms with E-state index < -0.39 is 0 Å². The van der Waals surface area contributed by atoms with Gasteiger partial charge in [-0.1, -0.05) is 12.1 Å². The summed E-state index contributed by atoms with van der Waals surface area (Å²) >= 11 is 0. The highest BCUT2D eigenvalue weighted by atomic mass is 16.5. The number of nitrogens with one attached hydrogen (secondary N) is 1. The molecule has 0 saturated heterocycles. The second-order valence-electron chi connectivity index (χ2n) is 3.77. The fourth-order valence-corrected chi connectivity index (χ4v) is 1.75. The summed E-state index contributed by atoms with van der Waals surface area (Å²) in [6.45, 7) is 0. The summed E-state index contributed by atoms with van der Waals surface area (Å²) in [5.74, 6) is 1.85. The number of hydrogen-bond acceptors (Lipinski definition) is 5. The summed E-state index contributed by atoms with van der Waals surface area (Å²) < 4.78 is 5.18. The number of ether oxygens (including phenoxy) is 1. The number of benzene rings is 1. The molecule has 0 amide bonds. The molecule has 0 spiro atoms. The Kier molecular flexibility index (Phi) is 2.33. The number of aromatic amines is 1. The maximum absolute atomic E-state index is 5.76. The van der Waals surface area contributed by atoms with Crippen molar-refractivity contribution in [1.29, 1.82) is 0 Å². The van der Waals surface area contributed by atoms with Gasteiger partial charge >= 0.3 is 0 Å². The van der Waals surface area contributed by atoms with Gasteiger partial charge in [-0.3, -0.25) is 0 Å². The molecule has 0 radical (unpaired) electrons. The summed E-state index contributed by atoms with van der Waals surface area (Å²) in [5.41, 5.74) is 7.87. The molecule has 0 bridgehead atoms. The van der Waals surface area contributed by atoms with Crippen LogP contribution in [0.15, 0.2) is 30.6 Å². The lowest BCUT2D eigenvalue weighted by atomic mass is 10.2. The maximum Gasteiger partial charge on any atom is 0.183 e. The number of rotatable bonds is 2. The monoisotopic (exact) mass is 241 g/mol. The Morgan fingerprint density at radius 1 is 1.28 bits per heavy atom. The van der Waals surface area contributed by atoms with Crippen molar-refractivity contribution in [2.45, 2.75) is 0 Å². The lowest BCUT2D eigenvalue weighted by Gasteiger charge is -2.01. The molecule has 0 aliphatic heterocycles. The second-order valence-corrected chi connectivity index (χ2v) is 3.77. The second kappa shape index (κ2) is 3.99. The lowest BCUT2D eigenvalue weighted by molar-refractivity contribution is 0.415. The van der Waals surface area contributed by atoms with Gasteiger partial charge in [0.2, 0.25) is 0 Å². The number of methoxy groups -OCH3 is 1. The van der Waals surface area contributed by atoms with E-state index in [4.69, 9.17) is 10.5 Å². The highest BCUT2D eigenvalue weighted by Gasteiger charge is 2.09. The number of fused-ring (bicyclic) bond motifs is 1. The van der Waals surface area contributed by atoms with Gasteiger partial charge in [0, 0.05) is 5.56 Å². The summed E-state index contributed by atoms with van der Waals surface area (Å²) in [7, 11) is 1.63. The molecule has 0 atom stereocenters. The third-order valence-corrected chi connectivity index (χ3v) is 2.66. The van der Waals surface area contributed by atoms with Crippen molar-refractivity contribution < 1.29 is 4.74 Å². The minimum absolute atomic E-state index is 0.390. The van der Waals surface area contributed by atoms with Gasteiger partial charge in [-0.05, 0) is 12.1 Å². The molecule has 2 aromatic heterocycles. The van der Waals surface area contributed by atoms with Crippen molar-refractivity contribution in [1.82, 2.24) is 19.9 Å². The normalized spacial score (nSPS) is 10.7. The number of nitrogens with two attached hydrogens (primary N) is 1. The van der Waals surface area contributed by atoms with Gasteiger partial charge in [-0.2, -0.15) is 0 Å². The van der Waals surface area contributed by atoms with Gasteiger partial charge in [0.05, 0.1) is 7.11 Å². The first-order valence-corrected chi connectivity index (χ1v) is 5.38. The van der Waals surface area contributed by atoms with Crippen molar-refractivity contribution in [2.24, 2.45) is 0 Å². The third kappa shape index (κ3) is 1.64. The maximum atomic E-state index is 5.76. The fraction of sp³-hybridized carbons (Fsp3) is 0.0833. The molecule has 90 valence electrons. The Morgan fingerprint density at radius 2 is 2.17 bits per heavy atom. The summed E-state index contributed by atoms with van der Waals surface area (Å²) in [4.78, 5) is 15.5. The van der Waals surface area contributed by atoms with Crippen LogP contribution in [0.25, 0.3) is 22.6 Å². The molecule has 6 nitrogen and oxygen atoms in total. The van der Waals surface area contributed by atoms with Crippen molar-refractivity contribution in [3.8, 4) is 17.1 Å². The number of aromatic nitrogens is 4. The third-order valence-electron chi connectivity index (χ3n) is 2.66. The van der Waals surface area contributed by atoms with E-state index in [1.165, 1.54) is 6.33 Å². The largest absolute Gasteiger partial charge is 0.497 e. The molecular formula is C12H11N5O. The predicted octanol–water partition coefficient (Wildman–Crippen LogP) is 1.61. The van der Waals surface area contributed by atoms with Gasteiger partial charge in [0.15, 0.2) is 11.5 Å². The number of nitrogens with zero attached hydrogens (tertiary/aromatic N) is 3. The van der Waals surface area contributed by atoms with Crippen LogP contribution >= 0.6 is 0 Å². The van der Waals surface area contributed by atoms with E-state index in [9.17, 15) is 0 Å². The molecule has 0 aliphatic rings. The van der Waals surface area contributed by atoms with E-state index in [0.29, 0.717) is 22.8 Å². The standard InChI is InChI=1S/C12H11N5O/c1-18-8-4-2-3-7(5-8)11-16-9-10(13)14-6-15-12(9)17-11/h2-6H,1H3,(H3,13,14,15,16,17). The molecular weight excluding hydrogens is 230 g/mol. The van der Waals surface area contributed by atoms with Crippen LogP contribution < -0.4 is 10.5 Å². The van der Waals surface area contributed by atoms with E-state index in [0.717, 1.165) is 11.3 Å². The quantitative estimate of drug-likeness (QED) is 0.711. The Labute approximate surface area is 103 Å². The molecule has 18 heavy (non-hydrogen) atoms. The van der Waals surface area contributed by atoms with E-state index in [2.05, 4.69) is 19.9 Å². The van der Waals surface area contributed by atoms with Crippen molar-refractivity contribution in [3.63, 3.8) is 0 Å². The Bertz CT molecular complexity index is 707. The molecule has 0 unspecified atom stereocenters. The first kappa shape index (κ1) is 10.5. The average Bonchev–Trinajstić information content (AvgIpc) is 2.84. The van der Waals surface area contributed by atoms with Crippen molar-refractivity contribution >= 4 is 17.0 Å². The molecule has 3 rings (SSSR count). The zero-order valence-corrected chi connectivity index (χ0v) is 9.71. The zero-order chi connectivity index (χ0) is 12.5. The number of H-pyrrole nitrogens is 1. The molecule has 6 heteroatoms. The number of nitrogen functional groups attached to an aromatic ring is 1. The van der Waals surface area contributed by atoms with Crippen LogP contribution in [0, 0.1) is 0 Å². The van der Waals surface area contributed by atoms with Crippen LogP contribution in [0.3, 0.4) is 0 Å². The zero-order valence-electron chi connectivity index (χ0n) is 9.71. The van der Waals surface area contributed by atoms with Crippen LogP contribution in [0.4, 0.5) is 5.82 Å². The number of hydrogen-bond donors (Lipinski definition) is 2. The Morgan fingerprint density at radius 3 is 2.94 bits per heavy atom. The highest BCUT2D eigenvalue weighted by molar-refractivity contribution is 5.84. The van der Waals surface area contributed by atoms with Crippen LogP contribution in [0.5, 0.6) is 5.75 Å². The minimum Gasteiger partial charge on any atom is -0.497 e. The van der Waals surface area contributed by atoms with E-state index in [1.807, 2.05) is 24.3 Å². The van der Waals surface area contributed by atoms with Crippen LogP contribution in [0.2, 0.25) is 0 Å². The van der Waals surface area contributed by atoms with E-state index in [-0.39, 0.29) is 0 Å². The SMILES string of the molecule is COc1cccc(-c2nc3ncnc(N)c3[nH]2)c1. The van der Waals surface area contributed by atoms with Gasteiger partial charge < -0.3 is 15.5 Å². The first-order valence-electron chi connectivity index (χ1n) is 5.38. The topological polar surface area (TPSA) is 89.7 Å². The smallest absolute Gasteiger partial charge is 0.183 e. The van der Waals surface area contributed by atoms with Crippen LogP contribution in [-0.4, -0.2) is 27.0 Å². The molecule has 0 saturated carbocycles. The lowest BCUT2D eigenvalue weighted by Crippen LogP contribution is -1.91. The molecule has 0 aliphatic carbocycles. The van der Waals surface area contributed by atoms with E-state index >= 15 is 0 Å². The average molecular weight is 241 g/mol. The molecule has 0 fully saturated rings. The molecule has 1 aromatic carbocycles. The summed E-state index contributed by atoms with van der Waals surface area (Å²) in [6, 6.07) is 7.60. The minimum atomic E-state index is 0.390. The summed E-state index contributed by atoms with van der Waals surface area (Å²) in [5, 5.41) is 0. The van der Waals surface area contributed by atoms with Gasteiger partial charge in [0.25, 0.3) is 0 Å².